The molecule has 0 amide bonds. The van der Waals surface area contributed by atoms with Gasteiger partial charge in [0, 0.05) is 11.6 Å². The van der Waals surface area contributed by atoms with Gasteiger partial charge in [-0.1, -0.05) is 17.7 Å². The van der Waals surface area contributed by atoms with Gasteiger partial charge in [0.25, 0.3) is 5.56 Å². The van der Waals surface area contributed by atoms with Gasteiger partial charge in [0.15, 0.2) is 0 Å². The highest BCUT2D eigenvalue weighted by Gasteiger charge is 2.34. The average Bonchev–Trinajstić information content (AvgIpc) is 2.25. The van der Waals surface area contributed by atoms with Gasteiger partial charge < -0.3 is 4.98 Å². The maximum atomic E-state index is 12.7. The Morgan fingerprint density at radius 2 is 1.60 bits per heavy atom. The van der Waals surface area contributed by atoms with Crippen molar-refractivity contribution < 1.29 is 13.2 Å². The number of alkyl halides is 3. The van der Waals surface area contributed by atoms with Crippen LogP contribution in [0.15, 0.2) is 23.0 Å². The molecule has 1 N–H and O–H groups in total. The second-order valence-electron chi connectivity index (χ2n) is 4.75. The molecule has 0 bridgehead atoms. The second-order valence-corrected chi connectivity index (χ2v) is 4.75. The second kappa shape index (κ2) is 4.77. The first kappa shape index (κ1) is 14.3. The Morgan fingerprint density at radius 1 is 1.05 bits per heavy atom. The number of hydrogen-bond donors (Lipinski definition) is 1. The summed E-state index contributed by atoms with van der Waals surface area (Å²) in [5, 5.41) is 0. The lowest BCUT2D eigenvalue weighted by Gasteiger charge is -2.12. The number of aryl methyl sites for hydroxylation is 3. The van der Waals surface area contributed by atoms with Crippen LogP contribution in [0.4, 0.5) is 13.2 Å². The molecule has 6 heteroatoms. The minimum Gasteiger partial charge on any atom is -0.303 e. The summed E-state index contributed by atoms with van der Waals surface area (Å²) in [6.45, 7) is 5.47. The predicted octanol–water partition coefficient (Wildman–Crippen LogP) is 3.38. The highest BCUT2D eigenvalue weighted by molar-refractivity contribution is 5.67. The predicted molar refractivity (Wildman–Crippen MR) is 69.5 cm³/mol. The zero-order chi connectivity index (χ0) is 15.1. The number of hydrogen-bond acceptors (Lipinski definition) is 2. The van der Waals surface area contributed by atoms with E-state index < -0.39 is 17.6 Å². The third-order valence-electron chi connectivity index (χ3n) is 2.94. The molecule has 106 valence electrons. The third-order valence-corrected chi connectivity index (χ3v) is 2.94. The van der Waals surface area contributed by atoms with E-state index in [-0.39, 0.29) is 5.69 Å². The number of nitrogens with zero attached hydrogens (tertiary/aromatic N) is 1. The van der Waals surface area contributed by atoms with Crippen molar-refractivity contribution in [1.29, 1.82) is 0 Å². The molecule has 0 aliphatic carbocycles. The van der Waals surface area contributed by atoms with Gasteiger partial charge in [0.2, 0.25) is 5.82 Å². The van der Waals surface area contributed by atoms with E-state index in [4.69, 9.17) is 0 Å². The number of aromatic amines is 1. The van der Waals surface area contributed by atoms with Crippen molar-refractivity contribution >= 4 is 0 Å². The van der Waals surface area contributed by atoms with Crippen molar-refractivity contribution in [1.82, 2.24) is 9.97 Å². The van der Waals surface area contributed by atoms with E-state index in [1.54, 1.807) is 18.8 Å². The molecule has 2 rings (SSSR count). The maximum absolute atomic E-state index is 12.7. The third kappa shape index (κ3) is 2.74. The number of aromatic nitrogens is 2. The van der Waals surface area contributed by atoms with Crippen molar-refractivity contribution in [3.63, 3.8) is 0 Å². The summed E-state index contributed by atoms with van der Waals surface area (Å²) in [6, 6.07) is 4.77. The summed E-state index contributed by atoms with van der Waals surface area (Å²) in [6.07, 6.45) is -4.68. The average molecular weight is 282 g/mol. The van der Waals surface area contributed by atoms with E-state index in [0.717, 1.165) is 22.8 Å². The normalized spacial score (nSPS) is 11.7. The van der Waals surface area contributed by atoms with Crippen LogP contribution in [0.5, 0.6) is 0 Å². The molecular formula is C14H13F3N2O. The zero-order valence-electron chi connectivity index (χ0n) is 11.2. The van der Waals surface area contributed by atoms with Gasteiger partial charge in [-0.2, -0.15) is 13.2 Å². The number of nitrogens with one attached hydrogen (secondary N) is 1. The first-order chi connectivity index (χ1) is 9.18. The summed E-state index contributed by atoms with van der Waals surface area (Å²) < 4.78 is 38.1. The summed E-state index contributed by atoms with van der Waals surface area (Å²) in [7, 11) is 0. The molecule has 0 aliphatic rings. The summed E-state index contributed by atoms with van der Waals surface area (Å²) >= 11 is 0. The topological polar surface area (TPSA) is 45.8 Å². The summed E-state index contributed by atoms with van der Waals surface area (Å²) in [5.41, 5.74) is 2.36. The highest BCUT2D eigenvalue weighted by Crippen LogP contribution is 2.29. The summed E-state index contributed by atoms with van der Waals surface area (Å²) in [4.78, 5) is 16.7. The van der Waals surface area contributed by atoms with E-state index in [1.807, 2.05) is 19.1 Å². The SMILES string of the molecule is Cc1cc(C)c(-c2cc(=O)[nH]c(C(F)(F)F)n2)c(C)c1. The smallest absolute Gasteiger partial charge is 0.303 e. The molecule has 2 aromatic rings. The molecule has 0 spiro atoms. The molecule has 1 aromatic heterocycles. The van der Waals surface area contributed by atoms with Crippen LogP contribution >= 0.6 is 0 Å². The van der Waals surface area contributed by atoms with E-state index in [9.17, 15) is 18.0 Å². The van der Waals surface area contributed by atoms with Crippen LogP contribution in [0.25, 0.3) is 11.3 Å². The van der Waals surface area contributed by atoms with Gasteiger partial charge in [-0.3, -0.25) is 4.79 Å². The van der Waals surface area contributed by atoms with Crippen LogP contribution in [0.3, 0.4) is 0 Å². The van der Waals surface area contributed by atoms with Crippen molar-refractivity contribution in [3.8, 4) is 11.3 Å². The maximum Gasteiger partial charge on any atom is 0.449 e. The van der Waals surface area contributed by atoms with Crippen molar-refractivity contribution in [2.75, 3.05) is 0 Å². The Morgan fingerprint density at radius 3 is 2.10 bits per heavy atom. The van der Waals surface area contributed by atoms with Crippen LogP contribution in [0.2, 0.25) is 0 Å². The Balaban J connectivity index is 2.71. The Kier molecular flexibility index (Phi) is 3.41. The molecule has 0 fully saturated rings. The minimum absolute atomic E-state index is 0.0380. The van der Waals surface area contributed by atoms with Gasteiger partial charge in [0.05, 0.1) is 5.69 Å². The first-order valence-electron chi connectivity index (χ1n) is 5.95. The van der Waals surface area contributed by atoms with Crippen LogP contribution in [-0.2, 0) is 6.18 Å². The molecule has 0 atom stereocenters. The molecule has 0 saturated heterocycles. The lowest BCUT2D eigenvalue weighted by atomic mass is 9.97. The number of benzene rings is 1. The Labute approximate surface area is 113 Å². The van der Waals surface area contributed by atoms with Gasteiger partial charge in [0.1, 0.15) is 0 Å². The lowest BCUT2D eigenvalue weighted by molar-refractivity contribution is -0.145. The van der Waals surface area contributed by atoms with Gasteiger partial charge in [-0.25, -0.2) is 4.98 Å². The summed E-state index contributed by atoms with van der Waals surface area (Å²) in [5.74, 6) is -1.28. The minimum atomic E-state index is -4.68. The molecule has 0 saturated carbocycles. The van der Waals surface area contributed by atoms with E-state index in [2.05, 4.69) is 4.98 Å². The molecule has 1 heterocycles. The van der Waals surface area contributed by atoms with Crippen molar-refractivity contribution in [2.45, 2.75) is 26.9 Å². The largest absolute Gasteiger partial charge is 0.449 e. The van der Waals surface area contributed by atoms with Gasteiger partial charge in [-0.15, -0.1) is 0 Å². The molecular weight excluding hydrogens is 269 g/mol. The number of rotatable bonds is 1. The molecule has 0 aliphatic heterocycles. The standard InChI is InChI=1S/C14H13F3N2O/c1-7-4-8(2)12(9(3)5-7)10-6-11(20)19-13(18-10)14(15,16)17/h4-6H,1-3H3,(H,18,19,20). The molecule has 20 heavy (non-hydrogen) atoms. The number of halogens is 3. The van der Waals surface area contributed by atoms with Crippen LogP contribution < -0.4 is 5.56 Å². The fourth-order valence-electron chi connectivity index (χ4n) is 2.30. The molecule has 0 unspecified atom stereocenters. The molecule has 1 aromatic carbocycles. The quantitative estimate of drug-likeness (QED) is 0.871. The highest BCUT2D eigenvalue weighted by atomic mass is 19.4. The van der Waals surface area contributed by atoms with Gasteiger partial charge >= 0.3 is 6.18 Å². The van der Waals surface area contributed by atoms with Crippen molar-refractivity contribution in [2.24, 2.45) is 0 Å². The monoisotopic (exact) mass is 282 g/mol. The molecule has 3 nitrogen and oxygen atoms in total. The van der Waals surface area contributed by atoms with Crippen molar-refractivity contribution in [3.05, 3.63) is 51.1 Å². The number of H-pyrrole nitrogens is 1. The van der Waals surface area contributed by atoms with E-state index in [0.29, 0.717) is 5.56 Å². The molecule has 0 radical (unpaired) electrons. The first-order valence-corrected chi connectivity index (χ1v) is 5.95. The zero-order valence-corrected chi connectivity index (χ0v) is 11.2. The lowest BCUT2D eigenvalue weighted by Crippen LogP contribution is -2.19. The van der Waals surface area contributed by atoms with Crippen LogP contribution in [0.1, 0.15) is 22.5 Å². The van der Waals surface area contributed by atoms with E-state index >= 15 is 0 Å². The fourth-order valence-corrected chi connectivity index (χ4v) is 2.30. The Hall–Kier alpha value is -2.11. The van der Waals surface area contributed by atoms with Crippen LogP contribution in [-0.4, -0.2) is 9.97 Å². The van der Waals surface area contributed by atoms with E-state index in [1.165, 1.54) is 0 Å². The fraction of sp³-hybridized carbons (Fsp3) is 0.286. The Bertz CT molecular complexity index is 694. The van der Waals surface area contributed by atoms with Crippen LogP contribution in [0, 0.1) is 20.8 Å². The van der Waals surface area contributed by atoms with Gasteiger partial charge in [-0.05, 0) is 31.9 Å².